The van der Waals surface area contributed by atoms with Crippen LogP contribution in [0.15, 0.2) is 18.2 Å². The number of halogens is 1. The molecule has 3 heteroatoms. The summed E-state index contributed by atoms with van der Waals surface area (Å²) in [4.78, 5) is 0. The Kier molecular flexibility index (Phi) is 4.40. The van der Waals surface area contributed by atoms with Crippen molar-refractivity contribution in [2.45, 2.75) is 19.9 Å². The van der Waals surface area contributed by atoms with E-state index in [1.165, 1.54) is 7.11 Å². The molecule has 0 aliphatic heterocycles. The monoisotopic (exact) mass is 197 g/mol. The Labute approximate surface area is 84.1 Å². The predicted octanol–water partition coefficient (Wildman–Crippen LogP) is 2.33. The third-order valence-corrected chi connectivity index (χ3v) is 2.01. The molecule has 0 saturated heterocycles. The molecular formula is C11H16FNO. The molecular weight excluding hydrogens is 181 g/mol. The van der Waals surface area contributed by atoms with Crippen LogP contribution in [0, 0.1) is 5.82 Å². The van der Waals surface area contributed by atoms with Crippen molar-refractivity contribution in [2.75, 3.05) is 13.7 Å². The van der Waals surface area contributed by atoms with Gasteiger partial charge in [-0.05, 0) is 19.0 Å². The maximum Gasteiger partial charge on any atom is 0.169 e. The van der Waals surface area contributed by atoms with Crippen LogP contribution < -0.4 is 10.1 Å². The zero-order valence-corrected chi connectivity index (χ0v) is 8.64. The molecule has 1 rings (SSSR count). The van der Waals surface area contributed by atoms with Gasteiger partial charge in [0.2, 0.25) is 0 Å². The van der Waals surface area contributed by atoms with Crippen molar-refractivity contribution in [3.63, 3.8) is 0 Å². The fraction of sp³-hybridized carbons (Fsp3) is 0.455. The molecule has 0 aliphatic rings. The second-order valence-corrected chi connectivity index (χ2v) is 3.11. The van der Waals surface area contributed by atoms with Gasteiger partial charge >= 0.3 is 0 Å². The zero-order valence-electron chi connectivity index (χ0n) is 8.64. The summed E-state index contributed by atoms with van der Waals surface area (Å²) in [5.41, 5.74) is 0.651. The minimum Gasteiger partial charge on any atom is -0.494 e. The molecule has 0 radical (unpaired) electrons. The van der Waals surface area contributed by atoms with Crippen molar-refractivity contribution < 1.29 is 9.13 Å². The van der Waals surface area contributed by atoms with Crippen molar-refractivity contribution in [2.24, 2.45) is 0 Å². The van der Waals surface area contributed by atoms with Gasteiger partial charge in [0.1, 0.15) is 0 Å². The Hall–Kier alpha value is -1.09. The van der Waals surface area contributed by atoms with E-state index in [9.17, 15) is 4.39 Å². The molecule has 78 valence electrons. The van der Waals surface area contributed by atoms with E-state index in [1.54, 1.807) is 18.2 Å². The molecule has 0 bridgehead atoms. The number of methoxy groups -OCH3 is 1. The average molecular weight is 197 g/mol. The third-order valence-electron chi connectivity index (χ3n) is 2.01. The largest absolute Gasteiger partial charge is 0.494 e. The van der Waals surface area contributed by atoms with Gasteiger partial charge < -0.3 is 10.1 Å². The summed E-state index contributed by atoms with van der Waals surface area (Å²) >= 11 is 0. The number of hydrogen-bond donors (Lipinski definition) is 1. The number of ether oxygens (including phenoxy) is 1. The molecule has 0 aliphatic carbocycles. The van der Waals surface area contributed by atoms with Crippen LogP contribution in [-0.2, 0) is 6.54 Å². The summed E-state index contributed by atoms with van der Waals surface area (Å²) in [6.07, 6.45) is 1.05. The lowest BCUT2D eigenvalue weighted by Gasteiger charge is -2.07. The Morgan fingerprint density at radius 2 is 2.21 bits per heavy atom. The van der Waals surface area contributed by atoms with Crippen molar-refractivity contribution in [1.82, 2.24) is 5.32 Å². The van der Waals surface area contributed by atoms with E-state index in [0.29, 0.717) is 17.9 Å². The van der Waals surface area contributed by atoms with Crippen molar-refractivity contribution in [3.05, 3.63) is 29.6 Å². The van der Waals surface area contributed by atoms with Crippen molar-refractivity contribution >= 4 is 0 Å². The first-order chi connectivity index (χ1) is 6.79. The fourth-order valence-electron chi connectivity index (χ4n) is 1.25. The molecule has 0 heterocycles. The van der Waals surface area contributed by atoms with Crippen LogP contribution in [0.4, 0.5) is 4.39 Å². The van der Waals surface area contributed by atoms with E-state index in [-0.39, 0.29) is 5.82 Å². The molecule has 1 aromatic carbocycles. The lowest BCUT2D eigenvalue weighted by molar-refractivity contribution is 0.383. The van der Waals surface area contributed by atoms with Gasteiger partial charge in [-0.15, -0.1) is 0 Å². The average Bonchev–Trinajstić information content (AvgIpc) is 2.21. The molecule has 0 spiro atoms. The van der Waals surface area contributed by atoms with Crippen LogP contribution in [0.2, 0.25) is 0 Å². The quantitative estimate of drug-likeness (QED) is 0.731. The van der Waals surface area contributed by atoms with Crippen LogP contribution in [0.3, 0.4) is 0 Å². The normalized spacial score (nSPS) is 10.2. The summed E-state index contributed by atoms with van der Waals surface area (Å²) in [5, 5.41) is 3.15. The summed E-state index contributed by atoms with van der Waals surface area (Å²) < 4.78 is 18.4. The predicted molar refractivity (Wildman–Crippen MR) is 54.9 cm³/mol. The van der Waals surface area contributed by atoms with Gasteiger partial charge in [0.25, 0.3) is 0 Å². The maximum absolute atomic E-state index is 13.5. The maximum atomic E-state index is 13.5. The number of hydrogen-bond acceptors (Lipinski definition) is 2. The summed E-state index contributed by atoms with van der Waals surface area (Å²) in [6, 6.07) is 5.18. The lowest BCUT2D eigenvalue weighted by Crippen LogP contribution is -2.14. The highest BCUT2D eigenvalue weighted by Crippen LogP contribution is 2.19. The molecule has 1 N–H and O–H groups in total. The topological polar surface area (TPSA) is 21.3 Å². The third kappa shape index (κ3) is 2.70. The first-order valence-electron chi connectivity index (χ1n) is 4.81. The van der Waals surface area contributed by atoms with E-state index >= 15 is 0 Å². The minimum absolute atomic E-state index is 0.265. The van der Waals surface area contributed by atoms with Gasteiger partial charge in [-0.3, -0.25) is 0 Å². The molecule has 0 aromatic heterocycles. The first-order valence-corrected chi connectivity index (χ1v) is 4.81. The Morgan fingerprint density at radius 1 is 1.43 bits per heavy atom. The molecule has 2 nitrogen and oxygen atoms in total. The van der Waals surface area contributed by atoms with E-state index in [4.69, 9.17) is 4.74 Å². The standard InChI is InChI=1S/C11H16FNO/c1-3-7-13-8-9-5-4-6-10(14-2)11(9)12/h4-6,13H,3,7-8H2,1-2H3. The molecule has 0 saturated carbocycles. The van der Waals surface area contributed by atoms with Gasteiger partial charge in [0.05, 0.1) is 7.11 Å². The molecule has 1 aromatic rings. The summed E-state index contributed by atoms with van der Waals surface area (Å²) in [7, 11) is 1.47. The number of rotatable bonds is 5. The SMILES string of the molecule is CCCNCc1cccc(OC)c1F. The van der Waals surface area contributed by atoms with Gasteiger partial charge in [-0.1, -0.05) is 19.1 Å². The van der Waals surface area contributed by atoms with Gasteiger partial charge in [0, 0.05) is 12.1 Å². The van der Waals surface area contributed by atoms with Gasteiger partial charge in [-0.25, -0.2) is 4.39 Å². The van der Waals surface area contributed by atoms with E-state index in [2.05, 4.69) is 12.2 Å². The van der Waals surface area contributed by atoms with Gasteiger partial charge in [0.15, 0.2) is 11.6 Å². The van der Waals surface area contributed by atoms with Crippen LogP contribution in [0.1, 0.15) is 18.9 Å². The Bertz CT molecular complexity index is 289. The van der Waals surface area contributed by atoms with Gasteiger partial charge in [-0.2, -0.15) is 0 Å². The highest BCUT2D eigenvalue weighted by atomic mass is 19.1. The molecule has 0 unspecified atom stereocenters. The summed E-state index contributed by atoms with van der Waals surface area (Å²) in [6.45, 7) is 3.53. The smallest absolute Gasteiger partial charge is 0.169 e. The van der Waals surface area contributed by atoms with Crippen LogP contribution in [0.25, 0.3) is 0 Å². The first kappa shape index (κ1) is 11.0. The number of nitrogens with one attached hydrogen (secondary N) is 1. The van der Waals surface area contributed by atoms with Crippen LogP contribution in [-0.4, -0.2) is 13.7 Å². The van der Waals surface area contributed by atoms with E-state index < -0.39 is 0 Å². The highest BCUT2D eigenvalue weighted by Gasteiger charge is 2.06. The highest BCUT2D eigenvalue weighted by molar-refractivity contribution is 5.30. The second kappa shape index (κ2) is 5.60. The Morgan fingerprint density at radius 3 is 2.86 bits per heavy atom. The van der Waals surface area contributed by atoms with Crippen LogP contribution in [0.5, 0.6) is 5.75 Å². The fourth-order valence-corrected chi connectivity index (χ4v) is 1.25. The summed E-state index contributed by atoms with van der Waals surface area (Å²) in [5.74, 6) is 0.0411. The molecule has 0 amide bonds. The van der Waals surface area contributed by atoms with Crippen molar-refractivity contribution in [3.8, 4) is 5.75 Å². The number of benzene rings is 1. The molecule has 0 fully saturated rings. The van der Waals surface area contributed by atoms with Crippen LogP contribution >= 0.6 is 0 Å². The second-order valence-electron chi connectivity index (χ2n) is 3.11. The van der Waals surface area contributed by atoms with Crippen molar-refractivity contribution in [1.29, 1.82) is 0 Å². The molecule has 0 atom stereocenters. The van der Waals surface area contributed by atoms with E-state index in [0.717, 1.165) is 13.0 Å². The molecule has 14 heavy (non-hydrogen) atoms. The lowest BCUT2D eigenvalue weighted by atomic mass is 10.2. The minimum atomic E-state index is -0.265. The van der Waals surface area contributed by atoms with E-state index in [1.807, 2.05) is 0 Å². The Balaban J connectivity index is 2.66. The zero-order chi connectivity index (χ0) is 10.4.